The van der Waals surface area contributed by atoms with E-state index in [1.807, 2.05) is 0 Å². The molecule has 0 bridgehead atoms. The Hall–Kier alpha value is -0.700. The minimum absolute atomic E-state index is 0.0882. The second-order valence-electron chi connectivity index (χ2n) is 2.56. The highest BCUT2D eigenvalue weighted by molar-refractivity contribution is 5.82. The quantitative estimate of drug-likeness (QED) is 0.640. The maximum Gasteiger partial charge on any atom is 0.158 e. The molecule has 1 N–H and O–H groups in total. The number of carbonyl (C=O) groups excluding carboxylic acids is 2. The van der Waals surface area contributed by atoms with E-state index in [1.54, 1.807) is 6.92 Å². The van der Waals surface area contributed by atoms with Crippen molar-refractivity contribution >= 4 is 11.6 Å². The Morgan fingerprint density at radius 1 is 1.45 bits per heavy atom. The number of hydrogen-bond acceptors (Lipinski definition) is 3. The number of Topliss-reactive ketones (excluding diaryl/α,β-unsaturated/α-hetero) is 2. The molecule has 0 amide bonds. The molecule has 0 spiro atoms. The Kier molecular flexibility index (Phi) is 4.70. The van der Waals surface area contributed by atoms with Gasteiger partial charge in [-0.1, -0.05) is 6.92 Å². The van der Waals surface area contributed by atoms with Gasteiger partial charge in [0.15, 0.2) is 5.78 Å². The normalized spacial score (nSPS) is 12.6. The van der Waals surface area contributed by atoms with Crippen LogP contribution in [-0.2, 0) is 9.59 Å². The lowest BCUT2D eigenvalue weighted by atomic mass is 10.1. The van der Waals surface area contributed by atoms with Gasteiger partial charge in [0, 0.05) is 12.8 Å². The van der Waals surface area contributed by atoms with E-state index < -0.39 is 6.10 Å². The zero-order valence-electron chi connectivity index (χ0n) is 6.96. The fraction of sp³-hybridized carbons (Fsp3) is 0.750. The van der Waals surface area contributed by atoms with Crippen molar-refractivity contribution in [3.05, 3.63) is 0 Å². The monoisotopic (exact) mass is 158 g/mol. The van der Waals surface area contributed by atoms with Crippen LogP contribution in [0.5, 0.6) is 0 Å². The van der Waals surface area contributed by atoms with Gasteiger partial charge in [-0.05, 0) is 13.3 Å². The SMILES string of the molecule is CCC(=O)CCC(O)C(C)=O. The molecule has 0 aromatic rings. The molecule has 0 heterocycles. The van der Waals surface area contributed by atoms with Crippen molar-refractivity contribution < 1.29 is 14.7 Å². The molecule has 0 rings (SSSR count). The second kappa shape index (κ2) is 5.02. The van der Waals surface area contributed by atoms with E-state index in [9.17, 15) is 9.59 Å². The third-order valence-electron chi connectivity index (χ3n) is 1.56. The van der Waals surface area contributed by atoms with Crippen LogP contribution in [0.4, 0.5) is 0 Å². The second-order valence-corrected chi connectivity index (χ2v) is 2.56. The van der Waals surface area contributed by atoms with Gasteiger partial charge in [-0.3, -0.25) is 9.59 Å². The van der Waals surface area contributed by atoms with Gasteiger partial charge in [0.25, 0.3) is 0 Å². The molecular formula is C8H14O3. The van der Waals surface area contributed by atoms with E-state index in [1.165, 1.54) is 6.92 Å². The molecular weight excluding hydrogens is 144 g/mol. The standard InChI is InChI=1S/C8H14O3/c1-3-7(10)4-5-8(11)6(2)9/h8,11H,3-5H2,1-2H3. The van der Waals surface area contributed by atoms with Crippen LogP contribution in [0.25, 0.3) is 0 Å². The van der Waals surface area contributed by atoms with Crippen molar-refractivity contribution in [3.8, 4) is 0 Å². The van der Waals surface area contributed by atoms with Crippen LogP contribution in [0, 0.1) is 0 Å². The van der Waals surface area contributed by atoms with Gasteiger partial charge in [-0.2, -0.15) is 0 Å². The van der Waals surface area contributed by atoms with Crippen molar-refractivity contribution in [3.63, 3.8) is 0 Å². The van der Waals surface area contributed by atoms with Gasteiger partial charge in [0.1, 0.15) is 11.9 Å². The molecule has 3 heteroatoms. The molecule has 11 heavy (non-hydrogen) atoms. The van der Waals surface area contributed by atoms with E-state index in [-0.39, 0.29) is 18.0 Å². The van der Waals surface area contributed by atoms with Gasteiger partial charge in [0.05, 0.1) is 0 Å². The zero-order valence-corrected chi connectivity index (χ0v) is 6.96. The summed E-state index contributed by atoms with van der Waals surface area (Å²) in [6, 6.07) is 0. The average molecular weight is 158 g/mol. The number of aliphatic hydroxyl groups excluding tert-OH is 1. The molecule has 64 valence electrons. The van der Waals surface area contributed by atoms with Gasteiger partial charge in [-0.15, -0.1) is 0 Å². The number of hydrogen-bond donors (Lipinski definition) is 1. The first-order valence-corrected chi connectivity index (χ1v) is 3.78. The van der Waals surface area contributed by atoms with E-state index in [4.69, 9.17) is 5.11 Å². The number of ketones is 2. The highest BCUT2D eigenvalue weighted by Crippen LogP contribution is 2.00. The predicted molar refractivity (Wildman–Crippen MR) is 41.2 cm³/mol. The lowest BCUT2D eigenvalue weighted by molar-refractivity contribution is -0.126. The van der Waals surface area contributed by atoms with Crippen LogP contribution in [0.2, 0.25) is 0 Å². The first-order chi connectivity index (χ1) is 5.07. The molecule has 1 atom stereocenters. The Labute approximate surface area is 66.4 Å². The van der Waals surface area contributed by atoms with Crippen molar-refractivity contribution in [2.45, 2.75) is 39.2 Å². The molecule has 0 aliphatic heterocycles. The van der Waals surface area contributed by atoms with Gasteiger partial charge in [0.2, 0.25) is 0 Å². The summed E-state index contributed by atoms with van der Waals surface area (Å²) in [7, 11) is 0. The smallest absolute Gasteiger partial charge is 0.158 e. The number of carbonyl (C=O) groups is 2. The summed E-state index contributed by atoms with van der Waals surface area (Å²) in [6.45, 7) is 3.09. The maximum absolute atomic E-state index is 10.7. The highest BCUT2D eigenvalue weighted by Gasteiger charge is 2.10. The van der Waals surface area contributed by atoms with E-state index in [0.29, 0.717) is 12.8 Å². The zero-order chi connectivity index (χ0) is 8.85. The average Bonchev–Trinajstić information content (AvgIpc) is 1.99. The number of rotatable bonds is 5. The summed E-state index contributed by atoms with van der Waals surface area (Å²) in [4.78, 5) is 21.2. The maximum atomic E-state index is 10.7. The lowest BCUT2D eigenvalue weighted by Gasteiger charge is -2.03. The van der Waals surface area contributed by atoms with E-state index >= 15 is 0 Å². The van der Waals surface area contributed by atoms with Crippen LogP contribution in [0.1, 0.15) is 33.1 Å². The van der Waals surface area contributed by atoms with Crippen LogP contribution in [0.3, 0.4) is 0 Å². The van der Waals surface area contributed by atoms with Crippen LogP contribution >= 0.6 is 0 Å². The van der Waals surface area contributed by atoms with E-state index in [0.717, 1.165) is 0 Å². The molecule has 0 saturated carbocycles. The molecule has 0 aliphatic rings. The van der Waals surface area contributed by atoms with Crippen molar-refractivity contribution in [1.82, 2.24) is 0 Å². The Morgan fingerprint density at radius 2 is 2.00 bits per heavy atom. The summed E-state index contributed by atoms with van der Waals surface area (Å²) < 4.78 is 0. The highest BCUT2D eigenvalue weighted by atomic mass is 16.3. The molecule has 0 aromatic carbocycles. The molecule has 0 aliphatic carbocycles. The molecule has 0 saturated heterocycles. The first kappa shape index (κ1) is 10.3. The Balaban J connectivity index is 3.54. The molecule has 0 radical (unpaired) electrons. The summed E-state index contributed by atoms with van der Waals surface area (Å²) in [5, 5.41) is 8.97. The molecule has 1 unspecified atom stereocenters. The third kappa shape index (κ3) is 4.67. The van der Waals surface area contributed by atoms with Crippen LogP contribution in [0.15, 0.2) is 0 Å². The fourth-order valence-electron chi connectivity index (χ4n) is 0.678. The van der Waals surface area contributed by atoms with Crippen molar-refractivity contribution in [1.29, 1.82) is 0 Å². The van der Waals surface area contributed by atoms with Crippen LogP contribution in [-0.4, -0.2) is 22.8 Å². The minimum Gasteiger partial charge on any atom is -0.385 e. The molecule has 0 aromatic heterocycles. The van der Waals surface area contributed by atoms with Gasteiger partial charge in [-0.25, -0.2) is 0 Å². The van der Waals surface area contributed by atoms with Crippen LogP contribution < -0.4 is 0 Å². The number of aliphatic hydroxyl groups is 1. The van der Waals surface area contributed by atoms with Crippen molar-refractivity contribution in [2.24, 2.45) is 0 Å². The molecule has 0 fully saturated rings. The predicted octanol–water partition coefficient (Wildman–Crippen LogP) is 0.696. The van der Waals surface area contributed by atoms with Gasteiger partial charge < -0.3 is 5.11 Å². The van der Waals surface area contributed by atoms with Gasteiger partial charge >= 0.3 is 0 Å². The summed E-state index contributed by atoms with van der Waals surface area (Å²) in [5.74, 6) is -0.181. The summed E-state index contributed by atoms with van der Waals surface area (Å²) >= 11 is 0. The minimum atomic E-state index is -0.953. The largest absolute Gasteiger partial charge is 0.385 e. The fourth-order valence-corrected chi connectivity index (χ4v) is 0.678. The first-order valence-electron chi connectivity index (χ1n) is 3.78. The van der Waals surface area contributed by atoms with E-state index in [2.05, 4.69) is 0 Å². The summed E-state index contributed by atoms with van der Waals surface area (Å²) in [5.41, 5.74) is 0. The third-order valence-corrected chi connectivity index (χ3v) is 1.56. The summed E-state index contributed by atoms with van der Waals surface area (Å²) in [6.07, 6.45) is 0.0923. The Morgan fingerprint density at radius 3 is 2.36 bits per heavy atom. The molecule has 3 nitrogen and oxygen atoms in total. The lowest BCUT2D eigenvalue weighted by Crippen LogP contribution is -2.17. The van der Waals surface area contributed by atoms with Crippen molar-refractivity contribution in [2.75, 3.05) is 0 Å². The Bertz CT molecular complexity index is 151. The topological polar surface area (TPSA) is 54.4 Å².